The summed E-state index contributed by atoms with van der Waals surface area (Å²) in [5, 5.41) is 12.3. The molecule has 0 aliphatic rings. The summed E-state index contributed by atoms with van der Waals surface area (Å²) in [7, 11) is 0. The van der Waals surface area contributed by atoms with Crippen molar-refractivity contribution < 1.29 is 14.7 Å². The third kappa shape index (κ3) is 3.93. The van der Waals surface area contributed by atoms with Crippen molar-refractivity contribution in [3.8, 4) is 0 Å². The lowest BCUT2D eigenvalue weighted by molar-refractivity contribution is 0.0689. The second-order valence-corrected chi connectivity index (χ2v) is 4.98. The van der Waals surface area contributed by atoms with Gasteiger partial charge in [-0.05, 0) is 29.8 Å². The van der Waals surface area contributed by atoms with Gasteiger partial charge in [-0.3, -0.25) is 4.79 Å². The zero-order valence-corrected chi connectivity index (χ0v) is 12.1. The molecule has 1 amide bonds. The number of benzene rings is 1. The largest absolute Gasteiger partial charge is 0.477 e. The predicted molar refractivity (Wildman–Crippen MR) is 78.8 cm³/mol. The number of carbonyl (C=O) groups excluding carboxylic acids is 1. The molecular formula is C14H10Cl2N2O3. The predicted octanol–water partition coefficient (Wildman–Crippen LogP) is 3.02. The van der Waals surface area contributed by atoms with E-state index in [0.717, 1.165) is 5.56 Å². The Kier molecular flexibility index (Phi) is 4.77. The Hall–Kier alpha value is -2.11. The number of pyridine rings is 1. The van der Waals surface area contributed by atoms with E-state index < -0.39 is 5.97 Å². The number of hydrogen-bond acceptors (Lipinski definition) is 3. The molecular weight excluding hydrogens is 315 g/mol. The van der Waals surface area contributed by atoms with Gasteiger partial charge in [-0.2, -0.15) is 0 Å². The average Bonchev–Trinajstić information content (AvgIpc) is 2.48. The molecule has 0 saturated heterocycles. The highest BCUT2D eigenvalue weighted by atomic mass is 35.5. The molecule has 0 spiro atoms. The number of amides is 1. The Morgan fingerprint density at radius 3 is 2.48 bits per heavy atom. The summed E-state index contributed by atoms with van der Waals surface area (Å²) in [6.07, 6.45) is 1.22. The third-order valence-corrected chi connectivity index (χ3v) is 3.42. The summed E-state index contributed by atoms with van der Waals surface area (Å²) < 4.78 is 0. The molecule has 0 saturated carbocycles. The lowest BCUT2D eigenvalue weighted by Crippen LogP contribution is -2.23. The lowest BCUT2D eigenvalue weighted by atomic mass is 10.2. The van der Waals surface area contributed by atoms with Gasteiger partial charge in [0.15, 0.2) is 0 Å². The maximum Gasteiger partial charge on any atom is 0.354 e. The van der Waals surface area contributed by atoms with Crippen LogP contribution in [0.25, 0.3) is 0 Å². The number of nitrogens with one attached hydrogen (secondary N) is 1. The van der Waals surface area contributed by atoms with Crippen LogP contribution < -0.4 is 5.32 Å². The van der Waals surface area contributed by atoms with Gasteiger partial charge >= 0.3 is 5.97 Å². The molecule has 0 aliphatic heterocycles. The fourth-order valence-electron chi connectivity index (χ4n) is 1.59. The van der Waals surface area contributed by atoms with Crippen molar-refractivity contribution >= 4 is 35.1 Å². The van der Waals surface area contributed by atoms with E-state index in [4.69, 9.17) is 28.3 Å². The highest BCUT2D eigenvalue weighted by Gasteiger charge is 2.09. The van der Waals surface area contributed by atoms with E-state index in [1.165, 1.54) is 18.3 Å². The first-order chi connectivity index (χ1) is 9.97. The standard InChI is InChI=1S/C14H10Cl2N2O3/c15-10-3-1-8(5-11(10)16)6-18-13(19)9-2-4-12(14(20)21)17-7-9/h1-5,7H,6H2,(H,18,19)(H,20,21). The van der Waals surface area contributed by atoms with E-state index in [-0.39, 0.29) is 23.7 Å². The Labute approximate surface area is 130 Å². The minimum Gasteiger partial charge on any atom is -0.477 e. The SMILES string of the molecule is O=C(NCc1ccc(Cl)c(Cl)c1)c1ccc(C(=O)O)nc1. The van der Waals surface area contributed by atoms with Crippen molar-refractivity contribution in [1.82, 2.24) is 10.3 Å². The van der Waals surface area contributed by atoms with Crippen molar-refractivity contribution in [1.29, 1.82) is 0 Å². The molecule has 0 atom stereocenters. The van der Waals surface area contributed by atoms with Crippen LogP contribution in [0.1, 0.15) is 26.4 Å². The molecule has 2 N–H and O–H groups in total. The maximum atomic E-state index is 11.9. The number of halogens is 2. The van der Waals surface area contributed by atoms with Gasteiger partial charge in [0, 0.05) is 12.7 Å². The van der Waals surface area contributed by atoms with Gasteiger partial charge in [0.1, 0.15) is 5.69 Å². The molecule has 0 bridgehead atoms. The molecule has 1 aromatic heterocycles. The van der Waals surface area contributed by atoms with E-state index in [1.54, 1.807) is 18.2 Å². The van der Waals surface area contributed by atoms with Crippen LogP contribution >= 0.6 is 23.2 Å². The van der Waals surface area contributed by atoms with Gasteiger partial charge in [-0.15, -0.1) is 0 Å². The molecule has 1 aromatic carbocycles. The zero-order valence-electron chi connectivity index (χ0n) is 10.6. The number of carboxylic acids is 1. The summed E-state index contributed by atoms with van der Waals surface area (Å²) in [6.45, 7) is 0.274. The van der Waals surface area contributed by atoms with Gasteiger partial charge in [-0.25, -0.2) is 9.78 Å². The fourth-order valence-corrected chi connectivity index (χ4v) is 1.91. The van der Waals surface area contributed by atoms with Crippen LogP contribution in [0.2, 0.25) is 10.0 Å². The minimum absolute atomic E-state index is 0.115. The number of carboxylic acid groups (broad SMARTS) is 1. The molecule has 2 aromatic rings. The average molecular weight is 325 g/mol. The van der Waals surface area contributed by atoms with Gasteiger partial charge < -0.3 is 10.4 Å². The summed E-state index contributed by atoms with van der Waals surface area (Å²) in [4.78, 5) is 26.2. The van der Waals surface area contributed by atoms with Gasteiger partial charge in [0.05, 0.1) is 15.6 Å². The number of aromatic carboxylic acids is 1. The molecule has 7 heteroatoms. The van der Waals surface area contributed by atoms with Crippen LogP contribution in [-0.4, -0.2) is 22.0 Å². The normalized spacial score (nSPS) is 10.2. The van der Waals surface area contributed by atoms with Crippen LogP contribution in [-0.2, 0) is 6.54 Å². The molecule has 5 nitrogen and oxygen atoms in total. The molecule has 0 aliphatic carbocycles. The Morgan fingerprint density at radius 1 is 1.14 bits per heavy atom. The summed E-state index contributed by atoms with van der Waals surface area (Å²) in [5.41, 5.74) is 0.962. The number of carbonyl (C=O) groups is 2. The maximum absolute atomic E-state index is 11.9. The van der Waals surface area contributed by atoms with Crippen molar-refractivity contribution in [2.75, 3.05) is 0 Å². The topological polar surface area (TPSA) is 79.3 Å². The monoisotopic (exact) mass is 324 g/mol. The van der Waals surface area contributed by atoms with Crippen molar-refractivity contribution in [2.24, 2.45) is 0 Å². The number of aromatic nitrogens is 1. The summed E-state index contributed by atoms with van der Waals surface area (Å²) >= 11 is 11.7. The van der Waals surface area contributed by atoms with Crippen LogP contribution in [0.4, 0.5) is 0 Å². The molecule has 0 radical (unpaired) electrons. The fraction of sp³-hybridized carbons (Fsp3) is 0.0714. The minimum atomic E-state index is -1.14. The summed E-state index contributed by atoms with van der Waals surface area (Å²) in [5.74, 6) is -1.50. The van der Waals surface area contributed by atoms with Crippen molar-refractivity contribution in [2.45, 2.75) is 6.54 Å². The Bertz CT molecular complexity index is 687. The number of hydrogen-bond donors (Lipinski definition) is 2. The van der Waals surface area contributed by atoms with Crippen LogP contribution in [0.3, 0.4) is 0 Å². The lowest BCUT2D eigenvalue weighted by Gasteiger charge is -2.06. The first-order valence-electron chi connectivity index (χ1n) is 5.89. The highest BCUT2D eigenvalue weighted by Crippen LogP contribution is 2.22. The zero-order chi connectivity index (χ0) is 15.4. The molecule has 0 unspecified atom stereocenters. The van der Waals surface area contributed by atoms with Crippen LogP contribution in [0.5, 0.6) is 0 Å². The molecule has 2 rings (SSSR count). The first-order valence-corrected chi connectivity index (χ1v) is 6.64. The van der Waals surface area contributed by atoms with E-state index in [1.807, 2.05) is 0 Å². The van der Waals surface area contributed by atoms with E-state index in [2.05, 4.69) is 10.3 Å². The van der Waals surface area contributed by atoms with Gasteiger partial charge in [0.25, 0.3) is 5.91 Å². The molecule has 1 heterocycles. The first kappa shape index (κ1) is 15.3. The second-order valence-electron chi connectivity index (χ2n) is 4.17. The molecule has 108 valence electrons. The second kappa shape index (κ2) is 6.56. The highest BCUT2D eigenvalue weighted by molar-refractivity contribution is 6.42. The van der Waals surface area contributed by atoms with Gasteiger partial charge in [-0.1, -0.05) is 29.3 Å². The smallest absolute Gasteiger partial charge is 0.354 e. The van der Waals surface area contributed by atoms with Crippen molar-refractivity contribution in [3.63, 3.8) is 0 Å². The Balaban J connectivity index is 2.01. The van der Waals surface area contributed by atoms with E-state index >= 15 is 0 Å². The number of rotatable bonds is 4. The van der Waals surface area contributed by atoms with Gasteiger partial charge in [0.2, 0.25) is 0 Å². The number of nitrogens with zero attached hydrogens (tertiary/aromatic N) is 1. The molecule has 21 heavy (non-hydrogen) atoms. The molecule has 0 fully saturated rings. The summed E-state index contributed by atoms with van der Waals surface area (Å²) in [6, 6.07) is 7.74. The quantitative estimate of drug-likeness (QED) is 0.906. The van der Waals surface area contributed by atoms with E-state index in [0.29, 0.717) is 10.0 Å². The third-order valence-electron chi connectivity index (χ3n) is 2.68. The Morgan fingerprint density at radius 2 is 1.90 bits per heavy atom. The van der Waals surface area contributed by atoms with Crippen LogP contribution in [0.15, 0.2) is 36.5 Å². The van der Waals surface area contributed by atoms with E-state index in [9.17, 15) is 9.59 Å². The van der Waals surface area contributed by atoms with Crippen molar-refractivity contribution in [3.05, 3.63) is 63.4 Å². The van der Waals surface area contributed by atoms with Crippen LogP contribution in [0, 0.1) is 0 Å².